The molecule has 0 aromatic heterocycles. The van der Waals surface area contributed by atoms with Gasteiger partial charge in [-0.1, -0.05) is 20.3 Å². The van der Waals surface area contributed by atoms with E-state index in [1.807, 2.05) is 0 Å². The van der Waals surface area contributed by atoms with Crippen molar-refractivity contribution in [2.75, 3.05) is 72.2 Å². The predicted octanol–water partition coefficient (Wildman–Crippen LogP) is 0.983. The molecule has 11 nitrogen and oxygen atoms in total. The van der Waals surface area contributed by atoms with E-state index in [4.69, 9.17) is 9.47 Å². The molecule has 6 fully saturated rings. The highest BCUT2D eigenvalue weighted by molar-refractivity contribution is 5.78. The van der Waals surface area contributed by atoms with Gasteiger partial charge in [0, 0.05) is 63.8 Å². The second kappa shape index (κ2) is 16.0. The summed E-state index contributed by atoms with van der Waals surface area (Å²) in [7, 11) is 0. The molecule has 4 aliphatic heterocycles. The lowest BCUT2D eigenvalue weighted by molar-refractivity contribution is -0.128. The molecule has 6 aliphatic rings. The fraction of sp³-hybridized carbons (Fsp3) is 0.971. The van der Waals surface area contributed by atoms with Crippen LogP contribution < -0.4 is 21.3 Å². The second-order valence-electron chi connectivity index (χ2n) is 15.2. The average Bonchev–Trinajstić information content (AvgIpc) is 3.45. The van der Waals surface area contributed by atoms with Crippen LogP contribution in [0.4, 0.5) is 0 Å². The number of β-amino-alcohol motifs (C(OH)–C–C–N with tert-alkyl or cyclic N) is 1. The van der Waals surface area contributed by atoms with Crippen molar-refractivity contribution in [1.29, 1.82) is 0 Å². The molecule has 9 unspecified atom stereocenters. The van der Waals surface area contributed by atoms with Crippen molar-refractivity contribution >= 4 is 5.91 Å². The number of carbonyl (C=O) groups excluding carboxylic acids is 1. The molecule has 45 heavy (non-hydrogen) atoms. The number of likely N-dealkylation sites (N-methyl/N-ethyl adjacent to an activating group) is 1. The van der Waals surface area contributed by atoms with Gasteiger partial charge in [-0.2, -0.15) is 0 Å². The van der Waals surface area contributed by atoms with Crippen molar-refractivity contribution in [3.8, 4) is 0 Å². The summed E-state index contributed by atoms with van der Waals surface area (Å²) in [5.74, 6) is 1.94. The molecule has 2 saturated carbocycles. The maximum absolute atomic E-state index is 13.5. The minimum atomic E-state index is -0.548. The molecule has 11 heteroatoms. The van der Waals surface area contributed by atoms with Gasteiger partial charge in [0.15, 0.2) is 0 Å². The van der Waals surface area contributed by atoms with Crippen LogP contribution in [0.15, 0.2) is 0 Å². The first kappa shape index (κ1) is 34.0. The molecule has 0 aromatic carbocycles. The van der Waals surface area contributed by atoms with Crippen LogP contribution in [0.2, 0.25) is 0 Å². The normalized spacial score (nSPS) is 39.7. The summed E-state index contributed by atoms with van der Waals surface area (Å²) in [6.45, 7) is 16.5. The Bertz CT molecular complexity index is 934. The molecule has 258 valence electrons. The van der Waals surface area contributed by atoms with Gasteiger partial charge in [0.1, 0.15) is 0 Å². The van der Waals surface area contributed by atoms with Gasteiger partial charge in [-0.05, 0) is 82.7 Å². The number of amides is 1. The highest BCUT2D eigenvalue weighted by Gasteiger charge is 2.42. The lowest BCUT2D eigenvalue weighted by Gasteiger charge is -2.47. The van der Waals surface area contributed by atoms with Crippen LogP contribution in [-0.4, -0.2) is 141 Å². The van der Waals surface area contributed by atoms with E-state index in [0.717, 1.165) is 71.5 Å². The third kappa shape index (κ3) is 8.78. The molecule has 1 amide bonds. The molecule has 5 N–H and O–H groups in total. The van der Waals surface area contributed by atoms with Gasteiger partial charge in [-0.15, -0.1) is 0 Å². The van der Waals surface area contributed by atoms with Gasteiger partial charge in [-0.3, -0.25) is 25.6 Å². The Morgan fingerprint density at radius 3 is 2.58 bits per heavy atom. The molecule has 10 atom stereocenters. The molecule has 2 aliphatic carbocycles. The third-order valence-electron chi connectivity index (χ3n) is 12.3. The SMILES string of the molecule is CCN1CCN(C2CC(C(=O)NC[C@H](O)CN3CCC4C(CCC(OCC5OCNC5C)C4C)C3)CC(NC3CCC3)N2)CC1. The summed E-state index contributed by atoms with van der Waals surface area (Å²) < 4.78 is 12.2. The first-order chi connectivity index (χ1) is 21.9. The number of aliphatic hydroxyl groups excluding tert-OH is 1. The van der Waals surface area contributed by atoms with E-state index in [1.165, 1.54) is 25.7 Å². The first-order valence-corrected chi connectivity index (χ1v) is 18.5. The monoisotopic (exact) mass is 633 g/mol. The molecular formula is C34H63N7O4. The molecular weight excluding hydrogens is 570 g/mol. The lowest BCUT2D eigenvalue weighted by Crippen LogP contribution is -2.64. The zero-order chi connectivity index (χ0) is 31.3. The Balaban J connectivity index is 0.933. The topological polar surface area (TPSA) is 114 Å². The average molecular weight is 634 g/mol. The maximum atomic E-state index is 13.5. The largest absolute Gasteiger partial charge is 0.390 e. The van der Waals surface area contributed by atoms with E-state index in [2.05, 4.69) is 56.7 Å². The van der Waals surface area contributed by atoms with Crippen LogP contribution in [0.1, 0.15) is 72.1 Å². The summed E-state index contributed by atoms with van der Waals surface area (Å²) in [4.78, 5) is 21.0. The molecule has 4 heterocycles. The second-order valence-corrected chi connectivity index (χ2v) is 15.2. The maximum Gasteiger partial charge on any atom is 0.223 e. The third-order valence-corrected chi connectivity index (χ3v) is 12.3. The van der Waals surface area contributed by atoms with Crippen LogP contribution in [-0.2, 0) is 14.3 Å². The summed E-state index contributed by atoms with van der Waals surface area (Å²) in [5.41, 5.74) is 0. The van der Waals surface area contributed by atoms with E-state index in [-0.39, 0.29) is 30.3 Å². The molecule has 0 radical (unpaired) electrons. The minimum absolute atomic E-state index is 0.0421. The lowest BCUT2D eigenvalue weighted by atomic mass is 9.68. The number of piperazine rings is 1. The zero-order valence-corrected chi connectivity index (χ0v) is 28.3. The Morgan fingerprint density at radius 2 is 1.87 bits per heavy atom. The molecule has 4 saturated heterocycles. The Labute approximate surface area is 271 Å². The van der Waals surface area contributed by atoms with Crippen LogP contribution in [0, 0.1) is 23.7 Å². The number of piperidine rings is 2. The van der Waals surface area contributed by atoms with E-state index < -0.39 is 6.10 Å². The predicted molar refractivity (Wildman–Crippen MR) is 175 cm³/mol. The number of likely N-dealkylation sites (tertiary alicyclic amines) is 1. The van der Waals surface area contributed by atoms with Gasteiger partial charge in [-0.25, -0.2) is 0 Å². The number of rotatable bonds is 12. The van der Waals surface area contributed by atoms with E-state index in [0.29, 0.717) is 62.4 Å². The highest BCUT2D eigenvalue weighted by atomic mass is 16.5. The minimum Gasteiger partial charge on any atom is -0.390 e. The van der Waals surface area contributed by atoms with Crippen molar-refractivity contribution < 1.29 is 19.4 Å². The number of fused-ring (bicyclic) bond motifs is 1. The number of nitrogens with one attached hydrogen (secondary N) is 4. The zero-order valence-electron chi connectivity index (χ0n) is 28.3. The van der Waals surface area contributed by atoms with Crippen LogP contribution in [0.25, 0.3) is 0 Å². The Hall–Kier alpha value is -0.890. The quantitative estimate of drug-likeness (QED) is 0.213. The Morgan fingerprint density at radius 1 is 1.04 bits per heavy atom. The van der Waals surface area contributed by atoms with Gasteiger partial charge in [0.2, 0.25) is 5.91 Å². The highest BCUT2D eigenvalue weighted by Crippen LogP contribution is 2.41. The van der Waals surface area contributed by atoms with Gasteiger partial charge < -0.3 is 29.7 Å². The van der Waals surface area contributed by atoms with E-state index >= 15 is 0 Å². The van der Waals surface area contributed by atoms with Gasteiger partial charge >= 0.3 is 0 Å². The molecule has 0 spiro atoms. The fourth-order valence-electron chi connectivity index (χ4n) is 8.99. The number of hydrogen-bond acceptors (Lipinski definition) is 10. The van der Waals surface area contributed by atoms with Crippen molar-refractivity contribution in [3.05, 3.63) is 0 Å². The van der Waals surface area contributed by atoms with E-state index in [1.54, 1.807) is 0 Å². The number of hydrogen-bond donors (Lipinski definition) is 5. The number of ether oxygens (including phenoxy) is 2. The molecule has 0 aromatic rings. The van der Waals surface area contributed by atoms with Crippen molar-refractivity contribution in [2.45, 2.75) is 115 Å². The Kier molecular flexibility index (Phi) is 12.1. The van der Waals surface area contributed by atoms with Crippen LogP contribution in [0.3, 0.4) is 0 Å². The first-order valence-electron chi connectivity index (χ1n) is 18.5. The molecule has 6 rings (SSSR count). The molecule has 0 bridgehead atoms. The summed E-state index contributed by atoms with van der Waals surface area (Å²) in [6.07, 6.45) is 9.16. The van der Waals surface area contributed by atoms with Crippen LogP contribution in [0.5, 0.6) is 0 Å². The van der Waals surface area contributed by atoms with Crippen molar-refractivity contribution in [3.63, 3.8) is 0 Å². The number of aliphatic hydroxyl groups is 1. The standard InChI is InChI=1S/C34H63N7O4/c1-4-39-12-14-41(15-13-39)33-17-26(16-32(38-33)37-27-6-5-7-27)34(43)35-18-28(42)20-40-11-10-29-23(2)30(9-8-25(29)19-40)44-21-31-24(3)36-22-45-31/h23-33,36-38,42H,4-22H2,1-3H3,(H,35,43)/t23?,24?,25?,26?,28-,29?,30?,31?,32?,33?/m0/s1. The fourth-order valence-corrected chi connectivity index (χ4v) is 8.99. The number of carbonyl (C=O) groups is 1. The summed E-state index contributed by atoms with van der Waals surface area (Å²) >= 11 is 0. The smallest absolute Gasteiger partial charge is 0.223 e. The van der Waals surface area contributed by atoms with E-state index in [9.17, 15) is 9.90 Å². The van der Waals surface area contributed by atoms with Crippen molar-refractivity contribution in [1.82, 2.24) is 36.0 Å². The van der Waals surface area contributed by atoms with Crippen LogP contribution >= 0.6 is 0 Å². The van der Waals surface area contributed by atoms with Gasteiger partial charge in [0.25, 0.3) is 0 Å². The summed E-state index contributed by atoms with van der Waals surface area (Å²) in [6, 6.07) is 0.928. The van der Waals surface area contributed by atoms with Gasteiger partial charge in [0.05, 0.1) is 44.0 Å². The number of nitrogens with zero attached hydrogens (tertiary/aromatic N) is 3. The summed E-state index contributed by atoms with van der Waals surface area (Å²) in [5, 5.41) is 25.2. The van der Waals surface area contributed by atoms with Crippen molar-refractivity contribution in [2.24, 2.45) is 23.7 Å².